The minimum Gasteiger partial charge on any atom is -0.493 e. The molecule has 5 heteroatoms. The van der Waals surface area contributed by atoms with Crippen molar-refractivity contribution in [3.8, 4) is 17.2 Å². The summed E-state index contributed by atoms with van der Waals surface area (Å²) < 4.78 is 16.5. The summed E-state index contributed by atoms with van der Waals surface area (Å²) in [6.07, 6.45) is 0. The van der Waals surface area contributed by atoms with E-state index in [4.69, 9.17) is 14.2 Å². The Kier molecular flexibility index (Phi) is 4.60. The molecular formula is C19H21NO4. The molecule has 2 aromatic carbocycles. The van der Waals surface area contributed by atoms with Gasteiger partial charge in [0.1, 0.15) is 13.2 Å². The number of nitrogens with zero attached hydrogens (tertiary/aromatic N) is 1. The van der Waals surface area contributed by atoms with Crippen molar-refractivity contribution in [1.29, 1.82) is 0 Å². The highest BCUT2D eigenvalue weighted by Crippen LogP contribution is 2.40. The van der Waals surface area contributed by atoms with Crippen LogP contribution in [0.2, 0.25) is 0 Å². The van der Waals surface area contributed by atoms with Gasteiger partial charge in [0.2, 0.25) is 5.75 Å². The summed E-state index contributed by atoms with van der Waals surface area (Å²) in [5.41, 5.74) is 2.80. The van der Waals surface area contributed by atoms with Crippen LogP contribution < -0.4 is 14.2 Å². The molecule has 0 spiro atoms. The lowest BCUT2D eigenvalue weighted by Crippen LogP contribution is -2.26. The van der Waals surface area contributed by atoms with Crippen molar-refractivity contribution < 1.29 is 19.0 Å². The van der Waals surface area contributed by atoms with Gasteiger partial charge in [-0.2, -0.15) is 0 Å². The Balaban J connectivity index is 1.82. The van der Waals surface area contributed by atoms with Crippen molar-refractivity contribution in [3.05, 3.63) is 53.1 Å². The lowest BCUT2D eigenvalue weighted by molar-refractivity contribution is 0.0783. The van der Waals surface area contributed by atoms with Gasteiger partial charge in [0.05, 0.1) is 7.11 Å². The summed E-state index contributed by atoms with van der Waals surface area (Å²) in [5.74, 6) is 1.53. The van der Waals surface area contributed by atoms with Gasteiger partial charge in [-0.3, -0.25) is 4.79 Å². The van der Waals surface area contributed by atoms with Gasteiger partial charge >= 0.3 is 0 Å². The first-order chi connectivity index (χ1) is 11.6. The average Bonchev–Trinajstić information content (AvgIpc) is 2.62. The Labute approximate surface area is 141 Å². The first-order valence-corrected chi connectivity index (χ1v) is 7.87. The number of carbonyl (C=O) groups excluding carboxylic acids is 1. The van der Waals surface area contributed by atoms with E-state index in [1.807, 2.05) is 31.2 Å². The number of hydrogen-bond acceptors (Lipinski definition) is 4. The molecule has 24 heavy (non-hydrogen) atoms. The van der Waals surface area contributed by atoms with Gasteiger partial charge in [-0.15, -0.1) is 0 Å². The molecule has 1 aliphatic rings. The van der Waals surface area contributed by atoms with Crippen molar-refractivity contribution >= 4 is 5.91 Å². The highest BCUT2D eigenvalue weighted by Gasteiger charge is 2.22. The molecule has 0 radical (unpaired) electrons. The number of aryl methyl sites for hydroxylation is 1. The van der Waals surface area contributed by atoms with Gasteiger partial charge in [0.25, 0.3) is 5.91 Å². The second-order valence-corrected chi connectivity index (χ2v) is 5.85. The molecule has 0 saturated carbocycles. The van der Waals surface area contributed by atoms with Crippen LogP contribution in [0.5, 0.6) is 17.2 Å². The number of hydrogen-bond donors (Lipinski definition) is 0. The fourth-order valence-corrected chi connectivity index (χ4v) is 2.66. The van der Waals surface area contributed by atoms with Gasteiger partial charge in [-0.05, 0) is 24.6 Å². The van der Waals surface area contributed by atoms with E-state index >= 15 is 0 Å². The maximum Gasteiger partial charge on any atom is 0.254 e. The number of rotatable bonds is 4. The van der Waals surface area contributed by atoms with Crippen molar-refractivity contribution in [2.24, 2.45) is 0 Å². The van der Waals surface area contributed by atoms with Gasteiger partial charge in [0.15, 0.2) is 11.5 Å². The number of fused-ring (bicyclic) bond motifs is 1. The molecule has 0 aromatic heterocycles. The number of benzene rings is 2. The Morgan fingerprint density at radius 2 is 1.88 bits per heavy atom. The fraction of sp³-hybridized carbons (Fsp3) is 0.316. The molecule has 1 heterocycles. The van der Waals surface area contributed by atoms with E-state index in [0.29, 0.717) is 42.6 Å². The van der Waals surface area contributed by atoms with Crippen molar-refractivity contribution in [3.63, 3.8) is 0 Å². The Morgan fingerprint density at radius 3 is 2.58 bits per heavy atom. The molecule has 126 valence electrons. The zero-order valence-electron chi connectivity index (χ0n) is 14.2. The van der Waals surface area contributed by atoms with Crippen LogP contribution in [-0.4, -0.2) is 38.2 Å². The van der Waals surface area contributed by atoms with E-state index in [1.54, 1.807) is 31.2 Å². The third-order valence-corrected chi connectivity index (χ3v) is 3.96. The third-order valence-electron chi connectivity index (χ3n) is 3.96. The largest absolute Gasteiger partial charge is 0.493 e. The lowest BCUT2D eigenvalue weighted by Gasteiger charge is -2.23. The standard InChI is InChI=1S/C19H21NO4/c1-13-4-6-14(7-5-13)12-20(2)19(21)15-10-16(22-3)18-17(11-15)23-8-9-24-18/h4-7,10-11H,8-9,12H2,1-3H3. The van der Waals surface area contributed by atoms with E-state index in [2.05, 4.69) is 0 Å². The normalized spacial score (nSPS) is 12.6. The van der Waals surface area contributed by atoms with Crippen molar-refractivity contribution in [2.45, 2.75) is 13.5 Å². The first kappa shape index (κ1) is 16.2. The van der Waals surface area contributed by atoms with Crippen LogP contribution in [0.1, 0.15) is 21.5 Å². The van der Waals surface area contributed by atoms with Crippen LogP contribution in [0.15, 0.2) is 36.4 Å². The minimum atomic E-state index is -0.0918. The molecule has 3 rings (SSSR count). The Bertz CT molecular complexity index is 723. The highest BCUT2D eigenvalue weighted by atomic mass is 16.6. The van der Waals surface area contributed by atoms with Crippen LogP contribution in [-0.2, 0) is 6.54 Å². The Morgan fingerprint density at radius 1 is 1.17 bits per heavy atom. The molecule has 0 fully saturated rings. The minimum absolute atomic E-state index is 0.0918. The quantitative estimate of drug-likeness (QED) is 0.866. The molecule has 1 aliphatic heterocycles. The van der Waals surface area contributed by atoms with Crippen LogP contribution in [0.4, 0.5) is 0 Å². The summed E-state index contributed by atoms with van der Waals surface area (Å²) in [6, 6.07) is 11.6. The summed E-state index contributed by atoms with van der Waals surface area (Å²) in [4.78, 5) is 14.4. The van der Waals surface area contributed by atoms with Crippen LogP contribution >= 0.6 is 0 Å². The van der Waals surface area contributed by atoms with Crippen LogP contribution in [0.25, 0.3) is 0 Å². The molecule has 0 atom stereocenters. The van der Waals surface area contributed by atoms with Crippen LogP contribution in [0, 0.1) is 6.92 Å². The topological polar surface area (TPSA) is 48.0 Å². The zero-order chi connectivity index (χ0) is 17.1. The van der Waals surface area contributed by atoms with E-state index in [9.17, 15) is 4.79 Å². The van der Waals surface area contributed by atoms with Gasteiger partial charge in [-0.25, -0.2) is 0 Å². The third kappa shape index (κ3) is 3.30. The molecule has 2 aromatic rings. The second kappa shape index (κ2) is 6.83. The molecule has 0 saturated heterocycles. The number of methoxy groups -OCH3 is 1. The molecule has 0 aliphatic carbocycles. The predicted molar refractivity (Wildman–Crippen MR) is 91.0 cm³/mol. The predicted octanol–water partition coefficient (Wildman–Crippen LogP) is 3.05. The van der Waals surface area contributed by atoms with Crippen molar-refractivity contribution in [2.75, 3.05) is 27.4 Å². The fourth-order valence-electron chi connectivity index (χ4n) is 2.66. The van der Waals surface area contributed by atoms with Gasteiger partial charge < -0.3 is 19.1 Å². The average molecular weight is 327 g/mol. The molecule has 0 unspecified atom stereocenters. The molecule has 1 amide bonds. The van der Waals surface area contributed by atoms with Crippen LogP contribution in [0.3, 0.4) is 0 Å². The lowest BCUT2D eigenvalue weighted by atomic mass is 10.1. The second-order valence-electron chi connectivity index (χ2n) is 5.85. The molecule has 5 nitrogen and oxygen atoms in total. The number of carbonyl (C=O) groups is 1. The first-order valence-electron chi connectivity index (χ1n) is 7.87. The van der Waals surface area contributed by atoms with E-state index < -0.39 is 0 Å². The summed E-state index contributed by atoms with van der Waals surface area (Å²) >= 11 is 0. The van der Waals surface area contributed by atoms with Gasteiger partial charge in [0, 0.05) is 19.2 Å². The number of ether oxygens (including phenoxy) is 3. The molecule has 0 N–H and O–H groups in total. The Hall–Kier alpha value is -2.69. The highest BCUT2D eigenvalue weighted by molar-refractivity contribution is 5.95. The summed E-state index contributed by atoms with van der Waals surface area (Å²) in [5, 5.41) is 0. The van der Waals surface area contributed by atoms with Gasteiger partial charge in [-0.1, -0.05) is 29.8 Å². The summed E-state index contributed by atoms with van der Waals surface area (Å²) in [6.45, 7) is 3.52. The van der Waals surface area contributed by atoms with E-state index in [-0.39, 0.29) is 5.91 Å². The smallest absolute Gasteiger partial charge is 0.254 e. The van der Waals surface area contributed by atoms with Crippen molar-refractivity contribution in [1.82, 2.24) is 4.90 Å². The molecule has 0 bridgehead atoms. The van der Waals surface area contributed by atoms with E-state index in [1.165, 1.54) is 5.56 Å². The maximum absolute atomic E-state index is 12.7. The van der Waals surface area contributed by atoms with E-state index in [0.717, 1.165) is 5.56 Å². The zero-order valence-corrected chi connectivity index (χ0v) is 14.2. The molecular weight excluding hydrogens is 306 g/mol. The number of amides is 1. The monoisotopic (exact) mass is 327 g/mol. The SMILES string of the molecule is COc1cc(C(=O)N(C)Cc2ccc(C)cc2)cc2c1OCCO2. The maximum atomic E-state index is 12.7. The summed E-state index contributed by atoms with van der Waals surface area (Å²) in [7, 11) is 3.34.